The van der Waals surface area contributed by atoms with E-state index in [1.807, 2.05) is 0 Å². The number of unbranched alkanes of at least 4 members (excludes halogenated alkanes) is 12. The first-order chi connectivity index (χ1) is 20.1. The second-order valence-corrected chi connectivity index (χ2v) is 11.0. The minimum Gasteiger partial charge on any atom is -0.463 e. The highest BCUT2D eigenvalue weighted by Gasteiger charge is 2.50. The van der Waals surface area contributed by atoms with Gasteiger partial charge in [-0.15, -0.1) is 0 Å². The molecule has 0 radical (unpaired) electrons. The highest BCUT2D eigenvalue weighted by molar-refractivity contribution is 5.70. The van der Waals surface area contributed by atoms with Gasteiger partial charge in [0.2, 0.25) is 0 Å². The lowest BCUT2D eigenvalue weighted by atomic mass is 9.98. The van der Waals surface area contributed by atoms with Crippen LogP contribution >= 0.6 is 0 Å². The van der Waals surface area contributed by atoms with E-state index in [9.17, 15) is 29.7 Å². The Morgan fingerprint density at radius 1 is 0.762 bits per heavy atom. The SMILES string of the molecule is CCCCCCCCCCCCCCCC(=O)O[C@@H]1[C@@H](O)[C@H](COC(C)=O)O[C@H](OC[C@H](O)[C@@H](O)CO)[C@H]1OC(C)=O. The van der Waals surface area contributed by atoms with E-state index in [1.165, 1.54) is 64.7 Å². The molecule has 246 valence electrons. The van der Waals surface area contributed by atoms with Crippen LogP contribution < -0.4 is 0 Å². The standard InChI is InChI=1S/C30H54O12/c1-4-5-6-7-8-9-10-11-12-13-14-15-16-17-26(36)42-28-27(37)25(20-38-21(2)32)41-30(29(28)40-22(3)33)39-19-24(35)23(34)18-31/h23-25,27-31,34-35,37H,4-20H2,1-3H3/t23-,24-,25-,27-,28+,29-,30-/m0/s1. The predicted octanol–water partition coefficient (Wildman–Crippen LogP) is 2.69. The molecule has 7 atom stereocenters. The third kappa shape index (κ3) is 16.1. The molecule has 0 amide bonds. The summed E-state index contributed by atoms with van der Waals surface area (Å²) in [5, 5.41) is 39.5. The Kier molecular flexibility index (Phi) is 20.6. The van der Waals surface area contributed by atoms with Crippen LogP contribution in [0.4, 0.5) is 0 Å². The van der Waals surface area contributed by atoms with Crippen molar-refractivity contribution in [1.82, 2.24) is 0 Å². The van der Waals surface area contributed by atoms with Crippen LogP contribution in [0.2, 0.25) is 0 Å². The van der Waals surface area contributed by atoms with Crippen LogP contribution in [0, 0.1) is 0 Å². The molecule has 1 rings (SSSR count). The van der Waals surface area contributed by atoms with Crippen molar-refractivity contribution in [1.29, 1.82) is 0 Å². The molecule has 1 heterocycles. The number of hydrogen-bond donors (Lipinski definition) is 4. The summed E-state index contributed by atoms with van der Waals surface area (Å²) < 4.78 is 26.9. The molecule has 0 aliphatic carbocycles. The predicted molar refractivity (Wildman–Crippen MR) is 152 cm³/mol. The van der Waals surface area contributed by atoms with Gasteiger partial charge in [-0.1, -0.05) is 84.0 Å². The Morgan fingerprint density at radius 3 is 1.81 bits per heavy atom. The zero-order valence-electron chi connectivity index (χ0n) is 25.6. The van der Waals surface area contributed by atoms with Crippen molar-refractivity contribution in [2.24, 2.45) is 0 Å². The molecule has 0 aromatic carbocycles. The van der Waals surface area contributed by atoms with Crippen LogP contribution in [-0.4, -0.2) is 101 Å². The zero-order valence-corrected chi connectivity index (χ0v) is 25.6. The van der Waals surface area contributed by atoms with E-state index in [2.05, 4.69) is 6.92 Å². The number of esters is 3. The minimum atomic E-state index is -1.53. The third-order valence-electron chi connectivity index (χ3n) is 7.19. The Bertz CT molecular complexity index is 748. The average molecular weight is 607 g/mol. The van der Waals surface area contributed by atoms with Crippen LogP contribution in [0.15, 0.2) is 0 Å². The molecule has 0 spiro atoms. The van der Waals surface area contributed by atoms with E-state index in [-0.39, 0.29) is 6.42 Å². The normalized spacial score (nSPS) is 23.6. The highest BCUT2D eigenvalue weighted by atomic mass is 16.7. The highest BCUT2D eigenvalue weighted by Crippen LogP contribution is 2.28. The molecule has 1 aliphatic rings. The van der Waals surface area contributed by atoms with E-state index >= 15 is 0 Å². The Labute approximate surface area is 250 Å². The maximum Gasteiger partial charge on any atom is 0.306 e. The topological polar surface area (TPSA) is 178 Å². The van der Waals surface area contributed by atoms with Crippen LogP contribution in [0.3, 0.4) is 0 Å². The molecule has 4 N–H and O–H groups in total. The molecule has 0 bridgehead atoms. The molecular weight excluding hydrogens is 552 g/mol. The molecule has 1 aliphatic heterocycles. The summed E-state index contributed by atoms with van der Waals surface area (Å²) in [6, 6.07) is 0. The first kappa shape index (κ1) is 38.2. The van der Waals surface area contributed by atoms with Crippen molar-refractivity contribution in [3.05, 3.63) is 0 Å². The van der Waals surface area contributed by atoms with Gasteiger partial charge in [0.05, 0.1) is 13.2 Å². The molecule has 12 heteroatoms. The zero-order chi connectivity index (χ0) is 31.3. The van der Waals surface area contributed by atoms with Gasteiger partial charge in [0.25, 0.3) is 0 Å². The van der Waals surface area contributed by atoms with Crippen LogP contribution in [-0.2, 0) is 38.1 Å². The fraction of sp³-hybridized carbons (Fsp3) is 0.900. The Balaban J connectivity index is 2.61. The number of aliphatic hydroxyl groups is 4. The summed E-state index contributed by atoms with van der Waals surface area (Å²) in [7, 11) is 0. The van der Waals surface area contributed by atoms with Crippen molar-refractivity contribution in [3.8, 4) is 0 Å². The molecule has 1 saturated heterocycles. The largest absolute Gasteiger partial charge is 0.463 e. The fourth-order valence-electron chi connectivity index (χ4n) is 4.74. The average Bonchev–Trinajstić information content (AvgIpc) is 2.95. The lowest BCUT2D eigenvalue weighted by Crippen LogP contribution is -2.62. The summed E-state index contributed by atoms with van der Waals surface area (Å²) in [6.45, 7) is 2.84. The van der Waals surface area contributed by atoms with Gasteiger partial charge < -0.3 is 44.1 Å². The van der Waals surface area contributed by atoms with Crippen molar-refractivity contribution in [3.63, 3.8) is 0 Å². The summed E-state index contributed by atoms with van der Waals surface area (Å²) in [4.78, 5) is 35.9. The monoisotopic (exact) mass is 606 g/mol. The summed E-state index contributed by atoms with van der Waals surface area (Å²) >= 11 is 0. The van der Waals surface area contributed by atoms with Gasteiger partial charge in [0, 0.05) is 20.3 Å². The fourth-order valence-corrected chi connectivity index (χ4v) is 4.74. The van der Waals surface area contributed by atoms with Gasteiger partial charge in [0.15, 0.2) is 18.5 Å². The van der Waals surface area contributed by atoms with E-state index in [0.717, 1.165) is 26.2 Å². The van der Waals surface area contributed by atoms with Gasteiger partial charge in [-0.3, -0.25) is 14.4 Å². The summed E-state index contributed by atoms with van der Waals surface area (Å²) in [5.41, 5.74) is 0. The third-order valence-corrected chi connectivity index (χ3v) is 7.19. The van der Waals surface area contributed by atoms with Crippen molar-refractivity contribution in [2.75, 3.05) is 19.8 Å². The van der Waals surface area contributed by atoms with Crippen LogP contribution in [0.5, 0.6) is 0 Å². The number of ether oxygens (including phenoxy) is 5. The van der Waals surface area contributed by atoms with Gasteiger partial charge >= 0.3 is 17.9 Å². The second kappa shape index (κ2) is 22.7. The molecule has 12 nitrogen and oxygen atoms in total. The molecule has 42 heavy (non-hydrogen) atoms. The van der Waals surface area contributed by atoms with Crippen LogP contribution in [0.1, 0.15) is 111 Å². The number of aliphatic hydroxyl groups excluding tert-OH is 4. The first-order valence-electron chi connectivity index (χ1n) is 15.5. The van der Waals surface area contributed by atoms with Gasteiger partial charge in [-0.05, 0) is 6.42 Å². The number of carbonyl (C=O) groups excluding carboxylic acids is 3. The quantitative estimate of drug-likeness (QED) is 0.0760. The molecular formula is C30H54O12. The lowest BCUT2D eigenvalue weighted by Gasteiger charge is -2.43. The first-order valence-corrected chi connectivity index (χ1v) is 15.5. The molecule has 0 unspecified atom stereocenters. The maximum absolute atomic E-state index is 12.7. The molecule has 0 aromatic rings. The van der Waals surface area contributed by atoms with E-state index in [1.54, 1.807) is 0 Å². The smallest absolute Gasteiger partial charge is 0.306 e. The second-order valence-electron chi connectivity index (χ2n) is 11.0. The number of rotatable bonds is 23. The maximum atomic E-state index is 12.7. The van der Waals surface area contributed by atoms with Crippen molar-refractivity contribution >= 4 is 17.9 Å². The number of carbonyl (C=O) groups is 3. The Hall–Kier alpha value is -1.83. The Morgan fingerprint density at radius 2 is 1.31 bits per heavy atom. The lowest BCUT2D eigenvalue weighted by molar-refractivity contribution is -0.311. The molecule has 1 fully saturated rings. The van der Waals surface area contributed by atoms with E-state index < -0.39 is 80.6 Å². The van der Waals surface area contributed by atoms with Gasteiger partial charge in [-0.2, -0.15) is 0 Å². The summed E-state index contributed by atoms with van der Waals surface area (Å²) in [5.74, 6) is -2.01. The summed E-state index contributed by atoms with van der Waals surface area (Å²) in [6.07, 6.45) is 5.13. The van der Waals surface area contributed by atoms with Gasteiger partial charge in [0.1, 0.15) is 31.0 Å². The number of hydrogen-bond acceptors (Lipinski definition) is 12. The minimum absolute atomic E-state index is 0.0934. The van der Waals surface area contributed by atoms with E-state index in [0.29, 0.717) is 6.42 Å². The molecule has 0 saturated carbocycles. The van der Waals surface area contributed by atoms with Gasteiger partial charge in [-0.25, -0.2) is 0 Å². The molecule has 0 aromatic heterocycles. The van der Waals surface area contributed by atoms with Crippen molar-refractivity contribution < 1.29 is 58.5 Å². The van der Waals surface area contributed by atoms with Crippen molar-refractivity contribution in [2.45, 2.75) is 154 Å². The van der Waals surface area contributed by atoms with Crippen LogP contribution in [0.25, 0.3) is 0 Å². The van der Waals surface area contributed by atoms with E-state index in [4.69, 9.17) is 28.8 Å².